The van der Waals surface area contributed by atoms with Gasteiger partial charge in [0, 0.05) is 43.5 Å². The van der Waals surface area contributed by atoms with Gasteiger partial charge in [-0.3, -0.25) is 9.88 Å². The first-order valence-electron chi connectivity index (χ1n) is 6.61. The summed E-state index contributed by atoms with van der Waals surface area (Å²) in [6.45, 7) is 4.98. The number of aryl methyl sites for hydroxylation is 1. The zero-order chi connectivity index (χ0) is 13.0. The van der Waals surface area contributed by atoms with Gasteiger partial charge in [0.15, 0.2) is 0 Å². The van der Waals surface area contributed by atoms with Crippen LogP contribution in [0.2, 0.25) is 0 Å². The van der Waals surface area contributed by atoms with E-state index in [0.29, 0.717) is 0 Å². The van der Waals surface area contributed by atoms with Gasteiger partial charge in [-0.1, -0.05) is 0 Å². The van der Waals surface area contributed by atoms with Crippen molar-refractivity contribution in [1.29, 1.82) is 0 Å². The van der Waals surface area contributed by atoms with Gasteiger partial charge in [0.1, 0.15) is 5.75 Å². The Balaban J connectivity index is 1.80. The van der Waals surface area contributed by atoms with Crippen LogP contribution in [-0.2, 0) is 6.54 Å². The van der Waals surface area contributed by atoms with Crippen LogP contribution in [0.3, 0.4) is 0 Å². The Labute approximate surface area is 109 Å². The molecule has 100 valence electrons. The van der Waals surface area contributed by atoms with Gasteiger partial charge in [-0.25, -0.2) is 0 Å². The maximum absolute atomic E-state index is 5.27. The maximum atomic E-state index is 5.27. The van der Waals surface area contributed by atoms with Gasteiger partial charge in [-0.05, 0) is 26.8 Å². The highest BCUT2D eigenvalue weighted by Gasteiger charge is 2.19. The van der Waals surface area contributed by atoms with Crippen molar-refractivity contribution in [2.24, 2.45) is 0 Å². The fourth-order valence-corrected chi connectivity index (χ4v) is 2.00. The number of likely N-dealkylation sites (N-methyl/N-ethyl adjacent to an activating group) is 1. The van der Waals surface area contributed by atoms with E-state index < -0.39 is 0 Å². The molecule has 1 aromatic rings. The van der Waals surface area contributed by atoms with Crippen LogP contribution in [0, 0.1) is 6.92 Å². The van der Waals surface area contributed by atoms with Crippen LogP contribution >= 0.6 is 0 Å². The first-order chi connectivity index (χ1) is 8.67. The molecule has 18 heavy (non-hydrogen) atoms. The third-order valence-corrected chi connectivity index (χ3v) is 3.15. The van der Waals surface area contributed by atoms with Gasteiger partial charge in [0.05, 0.1) is 12.8 Å². The third-order valence-electron chi connectivity index (χ3n) is 3.15. The molecule has 4 nitrogen and oxygen atoms in total. The van der Waals surface area contributed by atoms with Crippen LogP contribution in [-0.4, -0.2) is 43.2 Å². The summed E-state index contributed by atoms with van der Waals surface area (Å²) in [6, 6.07) is 4.76. The van der Waals surface area contributed by atoms with Crippen molar-refractivity contribution in [3.8, 4) is 5.75 Å². The molecule has 0 bridgehead atoms. The highest BCUT2D eigenvalue weighted by Crippen LogP contribution is 2.18. The molecule has 0 aliphatic heterocycles. The van der Waals surface area contributed by atoms with Crippen LogP contribution in [0.5, 0.6) is 5.75 Å². The second kappa shape index (κ2) is 6.16. The summed E-state index contributed by atoms with van der Waals surface area (Å²) in [6.07, 6.45) is 2.70. The molecule has 1 saturated carbocycles. The van der Waals surface area contributed by atoms with E-state index in [4.69, 9.17) is 4.74 Å². The second-order valence-corrected chi connectivity index (χ2v) is 5.11. The highest BCUT2D eigenvalue weighted by molar-refractivity contribution is 5.26. The summed E-state index contributed by atoms with van der Waals surface area (Å²) < 4.78 is 5.27. The van der Waals surface area contributed by atoms with Crippen molar-refractivity contribution in [2.75, 3.05) is 27.2 Å². The third kappa shape index (κ3) is 4.27. The molecular formula is C14H23N3O. The van der Waals surface area contributed by atoms with E-state index in [1.807, 2.05) is 19.1 Å². The lowest BCUT2D eigenvalue weighted by atomic mass is 10.3. The van der Waals surface area contributed by atoms with Gasteiger partial charge in [-0.2, -0.15) is 0 Å². The molecule has 1 N–H and O–H groups in total. The van der Waals surface area contributed by atoms with Gasteiger partial charge >= 0.3 is 0 Å². The van der Waals surface area contributed by atoms with Gasteiger partial charge in [0.2, 0.25) is 0 Å². The molecule has 0 radical (unpaired) electrons. The van der Waals surface area contributed by atoms with E-state index in [0.717, 1.165) is 42.8 Å². The number of nitrogens with zero attached hydrogens (tertiary/aromatic N) is 2. The predicted molar refractivity (Wildman–Crippen MR) is 72.9 cm³/mol. The van der Waals surface area contributed by atoms with Crippen molar-refractivity contribution in [2.45, 2.75) is 32.4 Å². The summed E-state index contributed by atoms with van der Waals surface area (Å²) in [5.74, 6) is 0.891. The maximum Gasteiger partial charge on any atom is 0.122 e. The topological polar surface area (TPSA) is 37.4 Å². The first-order valence-corrected chi connectivity index (χ1v) is 6.61. The lowest BCUT2D eigenvalue weighted by molar-refractivity contribution is 0.319. The van der Waals surface area contributed by atoms with Crippen LogP contribution < -0.4 is 10.1 Å². The average molecular weight is 249 g/mol. The Morgan fingerprint density at radius 2 is 2.22 bits per heavy atom. The van der Waals surface area contributed by atoms with Crippen LogP contribution in [0.15, 0.2) is 12.1 Å². The number of rotatable bonds is 7. The van der Waals surface area contributed by atoms with E-state index in [1.54, 1.807) is 7.11 Å². The number of pyridine rings is 1. The number of hydrogen-bond donors (Lipinski definition) is 1. The smallest absolute Gasteiger partial charge is 0.122 e. The molecule has 0 spiro atoms. The van der Waals surface area contributed by atoms with E-state index in [2.05, 4.69) is 22.2 Å². The Bertz CT molecular complexity index is 391. The van der Waals surface area contributed by atoms with Crippen molar-refractivity contribution in [3.63, 3.8) is 0 Å². The molecule has 0 atom stereocenters. The molecule has 2 rings (SSSR count). The Morgan fingerprint density at radius 1 is 1.44 bits per heavy atom. The molecule has 1 heterocycles. The fourth-order valence-electron chi connectivity index (χ4n) is 2.00. The number of nitrogens with one attached hydrogen (secondary N) is 1. The molecule has 1 aliphatic carbocycles. The molecular weight excluding hydrogens is 226 g/mol. The Hall–Kier alpha value is -1.13. The summed E-state index contributed by atoms with van der Waals surface area (Å²) in [5, 5.41) is 3.52. The molecule has 1 aromatic heterocycles. The zero-order valence-corrected chi connectivity index (χ0v) is 11.6. The summed E-state index contributed by atoms with van der Waals surface area (Å²) in [4.78, 5) is 6.82. The minimum absolute atomic E-state index is 0.788. The SMILES string of the molecule is COc1cc(C)nc(CN(C)CCNC2CC2)c1. The molecule has 1 fully saturated rings. The minimum Gasteiger partial charge on any atom is -0.497 e. The first kappa shape index (κ1) is 13.3. The zero-order valence-electron chi connectivity index (χ0n) is 11.6. The molecule has 1 aliphatic rings. The molecule has 4 heteroatoms. The van der Waals surface area contributed by atoms with Crippen LogP contribution in [0.4, 0.5) is 0 Å². The largest absolute Gasteiger partial charge is 0.497 e. The van der Waals surface area contributed by atoms with Gasteiger partial charge in [0.25, 0.3) is 0 Å². The van der Waals surface area contributed by atoms with Crippen molar-refractivity contribution >= 4 is 0 Å². The minimum atomic E-state index is 0.788. The Morgan fingerprint density at radius 3 is 2.89 bits per heavy atom. The standard InChI is InChI=1S/C14H23N3O/c1-11-8-14(18-3)9-13(16-11)10-17(2)7-6-15-12-4-5-12/h8-9,12,15H,4-7,10H2,1-3H3. The Kier molecular flexibility index (Phi) is 4.55. The number of ether oxygens (including phenoxy) is 1. The van der Waals surface area contributed by atoms with Crippen molar-refractivity contribution in [3.05, 3.63) is 23.5 Å². The highest BCUT2D eigenvalue weighted by atomic mass is 16.5. The second-order valence-electron chi connectivity index (χ2n) is 5.11. The average Bonchev–Trinajstić information content (AvgIpc) is 3.12. The summed E-state index contributed by atoms with van der Waals surface area (Å²) >= 11 is 0. The van der Waals surface area contributed by atoms with Crippen LogP contribution in [0.25, 0.3) is 0 Å². The molecule has 0 unspecified atom stereocenters. The van der Waals surface area contributed by atoms with Crippen molar-refractivity contribution < 1.29 is 4.74 Å². The molecule has 0 aromatic carbocycles. The van der Waals surface area contributed by atoms with E-state index in [-0.39, 0.29) is 0 Å². The van der Waals surface area contributed by atoms with E-state index in [9.17, 15) is 0 Å². The number of hydrogen-bond acceptors (Lipinski definition) is 4. The number of aromatic nitrogens is 1. The summed E-state index contributed by atoms with van der Waals surface area (Å²) in [5.41, 5.74) is 2.08. The fraction of sp³-hybridized carbons (Fsp3) is 0.643. The quantitative estimate of drug-likeness (QED) is 0.796. The predicted octanol–water partition coefficient (Wildman–Crippen LogP) is 1.58. The van der Waals surface area contributed by atoms with Crippen LogP contribution in [0.1, 0.15) is 24.2 Å². The normalized spacial score (nSPS) is 15.1. The lowest BCUT2D eigenvalue weighted by Gasteiger charge is -2.17. The van der Waals surface area contributed by atoms with Gasteiger partial charge in [-0.15, -0.1) is 0 Å². The summed E-state index contributed by atoms with van der Waals surface area (Å²) in [7, 11) is 3.83. The van der Waals surface area contributed by atoms with Crippen molar-refractivity contribution in [1.82, 2.24) is 15.2 Å². The monoisotopic (exact) mass is 249 g/mol. The molecule has 0 saturated heterocycles. The number of methoxy groups -OCH3 is 1. The lowest BCUT2D eigenvalue weighted by Crippen LogP contribution is -2.30. The van der Waals surface area contributed by atoms with E-state index in [1.165, 1.54) is 12.8 Å². The van der Waals surface area contributed by atoms with Gasteiger partial charge < -0.3 is 10.1 Å². The molecule has 0 amide bonds. The van der Waals surface area contributed by atoms with E-state index >= 15 is 0 Å².